The summed E-state index contributed by atoms with van der Waals surface area (Å²) in [5, 5.41) is 3.74. The second-order valence-electron chi connectivity index (χ2n) is 5.16. The number of piperidine rings is 1. The van der Waals surface area contributed by atoms with E-state index in [1.54, 1.807) is 0 Å². The molecule has 0 aromatic heterocycles. The van der Waals surface area contributed by atoms with Gasteiger partial charge in [-0.3, -0.25) is 0 Å². The van der Waals surface area contributed by atoms with Crippen LogP contribution in [0.5, 0.6) is 0 Å². The van der Waals surface area contributed by atoms with Crippen molar-refractivity contribution in [3.8, 4) is 0 Å². The maximum absolute atomic E-state index is 3.74. The standard InChI is InChI=1S/C13H26N2S.ClH/c1-2-16-10-9-15-7-5-13(6-8-15)14-11-12-3-4-12;/h12-14H,2-11H2,1H3;1H. The molecule has 0 aromatic carbocycles. The number of hydrogen-bond donors (Lipinski definition) is 1. The molecule has 0 radical (unpaired) electrons. The lowest BCUT2D eigenvalue weighted by molar-refractivity contribution is 0.207. The summed E-state index contributed by atoms with van der Waals surface area (Å²) in [6.45, 7) is 7.46. The first-order chi connectivity index (χ1) is 7.88. The third kappa shape index (κ3) is 6.32. The zero-order valence-corrected chi connectivity index (χ0v) is 12.6. The summed E-state index contributed by atoms with van der Waals surface area (Å²) >= 11 is 2.07. The third-order valence-electron chi connectivity index (χ3n) is 3.74. The van der Waals surface area contributed by atoms with E-state index >= 15 is 0 Å². The van der Waals surface area contributed by atoms with Crippen molar-refractivity contribution in [3.63, 3.8) is 0 Å². The Morgan fingerprint density at radius 1 is 1.18 bits per heavy atom. The maximum atomic E-state index is 3.74. The molecule has 0 amide bonds. The number of hydrogen-bond acceptors (Lipinski definition) is 3. The molecule has 0 aromatic rings. The van der Waals surface area contributed by atoms with E-state index in [0.29, 0.717) is 0 Å². The molecule has 2 fully saturated rings. The first-order valence-corrected chi connectivity index (χ1v) is 8.07. The van der Waals surface area contributed by atoms with Crippen molar-refractivity contribution in [3.05, 3.63) is 0 Å². The van der Waals surface area contributed by atoms with E-state index in [0.717, 1.165) is 12.0 Å². The van der Waals surface area contributed by atoms with Crippen molar-refractivity contribution in [2.45, 2.75) is 38.6 Å². The highest BCUT2D eigenvalue weighted by Gasteiger charge is 2.24. The van der Waals surface area contributed by atoms with Gasteiger partial charge in [0.15, 0.2) is 0 Å². The predicted molar refractivity (Wildman–Crippen MR) is 80.4 cm³/mol. The molecule has 0 bridgehead atoms. The molecular formula is C13H27ClN2S. The predicted octanol–water partition coefficient (Wildman–Crippen LogP) is 2.63. The number of likely N-dealkylation sites (tertiary alicyclic amines) is 1. The summed E-state index contributed by atoms with van der Waals surface area (Å²) in [6.07, 6.45) is 5.67. The number of nitrogens with one attached hydrogen (secondary N) is 1. The Bertz CT molecular complexity index is 192. The highest BCUT2D eigenvalue weighted by atomic mass is 35.5. The van der Waals surface area contributed by atoms with Crippen LogP contribution in [0.3, 0.4) is 0 Å². The average molecular weight is 279 g/mol. The van der Waals surface area contributed by atoms with Crippen molar-refractivity contribution in [1.29, 1.82) is 0 Å². The third-order valence-corrected chi connectivity index (χ3v) is 4.62. The molecule has 0 unspecified atom stereocenters. The van der Waals surface area contributed by atoms with Crippen LogP contribution in [0.2, 0.25) is 0 Å². The minimum atomic E-state index is 0. The van der Waals surface area contributed by atoms with Gasteiger partial charge in [-0.1, -0.05) is 6.92 Å². The summed E-state index contributed by atoms with van der Waals surface area (Å²) in [6, 6.07) is 0.815. The van der Waals surface area contributed by atoms with Crippen LogP contribution >= 0.6 is 24.2 Å². The Balaban J connectivity index is 0.00000144. The van der Waals surface area contributed by atoms with E-state index in [2.05, 4.69) is 28.9 Å². The Morgan fingerprint density at radius 3 is 2.47 bits per heavy atom. The van der Waals surface area contributed by atoms with Crippen LogP contribution < -0.4 is 5.32 Å². The molecule has 1 saturated heterocycles. The van der Waals surface area contributed by atoms with Gasteiger partial charge in [0.2, 0.25) is 0 Å². The lowest BCUT2D eigenvalue weighted by atomic mass is 10.1. The number of thioether (sulfide) groups is 1. The molecule has 4 heteroatoms. The lowest BCUT2D eigenvalue weighted by Gasteiger charge is -2.32. The van der Waals surface area contributed by atoms with Crippen LogP contribution in [0.4, 0.5) is 0 Å². The van der Waals surface area contributed by atoms with Gasteiger partial charge in [-0.15, -0.1) is 12.4 Å². The highest BCUT2D eigenvalue weighted by Crippen LogP contribution is 2.28. The fraction of sp³-hybridized carbons (Fsp3) is 1.00. The second-order valence-corrected chi connectivity index (χ2v) is 6.56. The van der Waals surface area contributed by atoms with Crippen LogP contribution in [0, 0.1) is 5.92 Å². The average Bonchev–Trinajstić information content (AvgIpc) is 3.12. The molecule has 2 aliphatic rings. The fourth-order valence-electron chi connectivity index (χ4n) is 2.35. The van der Waals surface area contributed by atoms with Gasteiger partial charge in [0, 0.05) is 18.3 Å². The minimum absolute atomic E-state index is 0. The first-order valence-electron chi connectivity index (χ1n) is 6.92. The van der Waals surface area contributed by atoms with Gasteiger partial charge >= 0.3 is 0 Å². The molecule has 0 atom stereocenters. The molecule has 1 N–H and O–H groups in total. The number of nitrogens with zero attached hydrogens (tertiary/aromatic N) is 1. The van der Waals surface area contributed by atoms with E-state index in [1.165, 1.54) is 63.4 Å². The zero-order chi connectivity index (χ0) is 11.2. The first kappa shape index (κ1) is 15.6. The SMILES string of the molecule is CCSCCN1CCC(NCC2CC2)CC1.Cl. The molecule has 1 aliphatic carbocycles. The van der Waals surface area contributed by atoms with E-state index in [9.17, 15) is 0 Å². The van der Waals surface area contributed by atoms with Gasteiger partial charge in [-0.05, 0) is 57.0 Å². The Morgan fingerprint density at radius 2 is 1.88 bits per heavy atom. The van der Waals surface area contributed by atoms with Crippen LogP contribution in [0.15, 0.2) is 0 Å². The lowest BCUT2D eigenvalue weighted by Crippen LogP contribution is -2.43. The van der Waals surface area contributed by atoms with Crippen molar-refractivity contribution in [2.24, 2.45) is 5.92 Å². The van der Waals surface area contributed by atoms with Crippen LogP contribution in [-0.2, 0) is 0 Å². The number of rotatable bonds is 7. The van der Waals surface area contributed by atoms with Crippen LogP contribution in [0.1, 0.15) is 32.6 Å². The van der Waals surface area contributed by atoms with Gasteiger partial charge in [0.1, 0.15) is 0 Å². The molecular weight excluding hydrogens is 252 g/mol. The fourth-order valence-corrected chi connectivity index (χ4v) is 3.03. The van der Waals surface area contributed by atoms with Crippen LogP contribution in [0.25, 0.3) is 0 Å². The molecule has 2 rings (SSSR count). The maximum Gasteiger partial charge on any atom is 0.00915 e. The summed E-state index contributed by atoms with van der Waals surface area (Å²) in [4.78, 5) is 2.64. The number of halogens is 1. The molecule has 1 aliphatic heterocycles. The van der Waals surface area contributed by atoms with E-state index in [4.69, 9.17) is 0 Å². The van der Waals surface area contributed by atoms with Gasteiger partial charge in [0.05, 0.1) is 0 Å². The normalized spacial score (nSPS) is 22.4. The Labute approximate surface area is 117 Å². The van der Waals surface area contributed by atoms with Crippen molar-refractivity contribution in [1.82, 2.24) is 10.2 Å². The second kappa shape index (κ2) is 8.63. The van der Waals surface area contributed by atoms with E-state index in [-0.39, 0.29) is 12.4 Å². The van der Waals surface area contributed by atoms with Crippen molar-refractivity contribution < 1.29 is 0 Å². The Hall–Kier alpha value is 0.560. The molecule has 17 heavy (non-hydrogen) atoms. The molecule has 0 spiro atoms. The smallest absolute Gasteiger partial charge is 0.00915 e. The summed E-state index contributed by atoms with van der Waals surface area (Å²) in [5.74, 6) is 3.61. The van der Waals surface area contributed by atoms with E-state index < -0.39 is 0 Å². The topological polar surface area (TPSA) is 15.3 Å². The van der Waals surface area contributed by atoms with Gasteiger partial charge < -0.3 is 10.2 Å². The van der Waals surface area contributed by atoms with Gasteiger partial charge in [-0.25, -0.2) is 0 Å². The minimum Gasteiger partial charge on any atom is -0.314 e. The summed E-state index contributed by atoms with van der Waals surface area (Å²) in [5.41, 5.74) is 0. The van der Waals surface area contributed by atoms with Crippen molar-refractivity contribution in [2.75, 3.05) is 37.7 Å². The van der Waals surface area contributed by atoms with Crippen molar-refractivity contribution >= 4 is 24.2 Å². The van der Waals surface area contributed by atoms with Gasteiger partial charge in [0.25, 0.3) is 0 Å². The highest BCUT2D eigenvalue weighted by molar-refractivity contribution is 7.99. The Kier molecular flexibility index (Phi) is 7.92. The monoisotopic (exact) mass is 278 g/mol. The summed E-state index contributed by atoms with van der Waals surface area (Å²) < 4.78 is 0. The largest absolute Gasteiger partial charge is 0.314 e. The molecule has 1 heterocycles. The van der Waals surface area contributed by atoms with Crippen LogP contribution in [-0.4, -0.2) is 48.6 Å². The molecule has 102 valence electrons. The quantitative estimate of drug-likeness (QED) is 0.721. The molecule has 2 nitrogen and oxygen atoms in total. The summed E-state index contributed by atoms with van der Waals surface area (Å²) in [7, 11) is 0. The van der Waals surface area contributed by atoms with Gasteiger partial charge in [-0.2, -0.15) is 11.8 Å². The molecule has 1 saturated carbocycles. The zero-order valence-electron chi connectivity index (χ0n) is 11.0. The van der Waals surface area contributed by atoms with E-state index in [1.807, 2.05) is 0 Å².